The maximum Gasteiger partial charge on any atom is 0.343 e. The number of esters is 4. The third-order valence-electron chi connectivity index (χ3n) is 14.1. The number of benzene rings is 4. The molecule has 16 heteroatoms. The van der Waals surface area contributed by atoms with Gasteiger partial charge in [0.1, 0.15) is 23.0 Å². The number of unbranched alkanes of at least 4 members (excludes halogenated alkanes) is 8. The average Bonchev–Trinajstić information content (AvgIpc) is 3.49. The highest BCUT2D eigenvalue weighted by atomic mass is 16.6. The summed E-state index contributed by atoms with van der Waals surface area (Å²) in [6, 6.07) is 13.6. The largest absolute Gasteiger partial charge is 0.481 e. The van der Waals surface area contributed by atoms with E-state index in [-0.39, 0.29) is 97.5 Å². The lowest BCUT2D eigenvalue weighted by Gasteiger charge is -2.24. The molecule has 0 heterocycles. The Morgan fingerprint density at radius 3 is 0.625 bits per heavy atom. The summed E-state index contributed by atoms with van der Waals surface area (Å²) in [6.07, 6.45) is 9.67. The number of hydrogen-bond acceptors (Lipinski definition) is 16. The van der Waals surface area contributed by atoms with Crippen LogP contribution in [0.5, 0.6) is 23.0 Å². The Morgan fingerprint density at radius 1 is 0.300 bits per heavy atom. The lowest BCUT2D eigenvalue weighted by molar-refractivity contribution is -0.143. The van der Waals surface area contributed by atoms with Crippen LogP contribution >= 0.6 is 0 Å². The van der Waals surface area contributed by atoms with Crippen LogP contribution in [0.15, 0.2) is 48.5 Å². The first kappa shape index (κ1) is 63.5. The zero-order valence-electron chi connectivity index (χ0n) is 48.1. The van der Waals surface area contributed by atoms with Crippen LogP contribution in [0.2, 0.25) is 0 Å². The number of Topliss-reactive ketones (excluding diaryl/α,β-unsaturated/α-hetero) is 4. The topological polar surface area (TPSA) is 210 Å². The fraction of sp³-hybridized carbons (Fsp3) is 0.500. The molecule has 0 atom stereocenters. The summed E-state index contributed by atoms with van der Waals surface area (Å²) in [4.78, 5) is 110. The van der Waals surface area contributed by atoms with Crippen LogP contribution in [-0.2, 0) is 63.8 Å². The van der Waals surface area contributed by atoms with Gasteiger partial charge in [-0.1, -0.05) is 79.1 Å². The smallest absolute Gasteiger partial charge is 0.343 e. The summed E-state index contributed by atoms with van der Waals surface area (Å²) in [5.41, 5.74) is 4.48. The van der Waals surface area contributed by atoms with E-state index >= 15 is 0 Å². The number of ether oxygens (including phenoxy) is 8. The molecular weight excluding hydrogens is 1020 g/mol. The first-order valence-electron chi connectivity index (χ1n) is 28.2. The molecule has 5 rings (SSSR count). The summed E-state index contributed by atoms with van der Waals surface area (Å²) in [5, 5.41) is 0. The van der Waals surface area contributed by atoms with E-state index in [0.29, 0.717) is 92.4 Å². The molecule has 0 amide bonds. The van der Waals surface area contributed by atoms with Gasteiger partial charge in [0.15, 0.2) is 49.6 Å². The molecule has 0 aromatic heterocycles. The zero-order valence-corrected chi connectivity index (χ0v) is 48.1. The van der Waals surface area contributed by atoms with Gasteiger partial charge in [-0.2, -0.15) is 0 Å². The van der Waals surface area contributed by atoms with Crippen LogP contribution < -0.4 is 18.9 Å². The highest BCUT2D eigenvalue weighted by Gasteiger charge is 2.28. The van der Waals surface area contributed by atoms with Gasteiger partial charge in [-0.25, -0.2) is 19.2 Å². The van der Waals surface area contributed by atoms with Gasteiger partial charge in [0.2, 0.25) is 0 Å². The quantitative estimate of drug-likeness (QED) is 0.0170. The molecular formula is C64H80O16. The van der Waals surface area contributed by atoms with Crippen molar-refractivity contribution in [2.24, 2.45) is 0 Å². The van der Waals surface area contributed by atoms with Gasteiger partial charge >= 0.3 is 23.9 Å². The van der Waals surface area contributed by atoms with Gasteiger partial charge in [0, 0.05) is 73.6 Å². The average molecular weight is 1110 g/mol. The number of carbonyl (C=O) groups is 8. The molecule has 8 bridgehead atoms. The second kappa shape index (κ2) is 32.6. The Labute approximate surface area is 470 Å². The highest BCUT2D eigenvalue weighted by molar-refractivity contribution is 5.99. The standard InChI is InChI=1S/C64H80O16/c1-9-13-17-21-53(65)41-25-45-33-47-27-42(54(66)22-18-14-10-2)29-49(62(47)78-38-58(70)74-6)35-51-31-44(56(68)24-20-16-12-4)32-52(64(51)80-40-60(72)76-8)36-50-30-43(55(67)23-19-15-11-3)28-48(63(50)79-39-59(71)75-7)34-46(26-41)61(45)77-37-57(69)73-5/h25-32H,9-24,33-40H2,1-8H3. The number of rotatable bonds is 32. The Kier molecular flexibility index (Phi) is 25.9. The van der Waals surface area contributed by atoms with Crippen LogP contribution in [0.3, 0.4) is 0 Å². The molecule has 80 heavy (non-hydrogen) atoms. The van der Waals surface area contributed by atoms with Crippen LogP contribution in [-0.4, -0.2) is 102 Å². The molecule has 432 valence electrons. The van der Waals surface area contributed by atoms with Crippen molar-refractivity contribution in [1.82, 2.24) is 0 Å². The van der Waals surface area contributed by atoms with Crippen LogP contribution in [0.1, 0.15) is 216 Å². The van der Waals surface area contributed by atoms with Crippen molar-refractivity contribution in [3.63, 3.8) is 0 Å². The van der Waals surface area contributed by atoms with E-state index in [1.54, 1.807) is 48.5 Å². The lowest BCUT2D eigenvalue weighted by atomic mass is 9.86. The number of hydrogen-bond donors (Lipinski definition) is 0. The van der Waals surface area contributed by atoms with Crippen molar-refractivity contribution in [3.05, 3.63) is 115 Å². The molecule has 0 saturated carbocycles. The maximum absolute atomic E-state index is 14.5. The van der Waals surface area contributed by atoms with E-state index in [9.17, 15) is 38.4 Å². The van der Waals surface area contributed by atoms with Gasteiger partial charge in [0.05, 0.1) is 28.4 Å². The SMILES string of the molecule is CCCCCC(=O)c1cc2c(OCC(=O)OC)c(c1)Cc1cc(C(=O)CCCCC)cc(c1OCC(=O)OC)Cc1cc(C(=O)CCCCC)cc(c1OCC(=O)OC)Cc1cc(C(=O)CCCCC)cc(c1OCC(=O)OC)C2. The van der Waals surface area contributed by atoms with E-state index in [0.717, 1.165) is 51.4 Å². The fourth-order valence-electron chi connectivity index (χ4n) is 9.75. The van der Waals surface area contributed by atoms with Gasteiger partial charge in [-0.3, -0.25) is 19.2 Å². The van der Waals surface area contributed by atoms with Crippen molar-refractivity contribution >= 4 is 47.0 Å². The Hall–Kier alpha value is -7.36. The van der Waals surface area contributed by atoms with E-state index in [2.05, 4.69) is 0 Å². The van der Waals surface area contributed by atoms with Gasteiger partial charge in [-0.15, -0.1) is 0 Å². The Morgan fingerprint density at radius 2 is 0.475 bits per heavy atom. The van der Waals surface area contributed by atoms with Crippen LogP contribution in [0.4, 0.5) is 0 Å². The number of fused-ring (bicyclic) bond motifs is 8. The lowest BCUT2D eigenvalue weighted by Crippen LogP contribution is -2.18. The fourth-order valence-corrected chi connectivity index (χ4v) is 9.75. The summed E-state index contributed by atoms with van der Waals surface area (Å²) in [5.74, 6) is -2.75. The normalized spacial score (nSPS) is 11.7. The highest BCUT2D eigenvalue weighted by Crippen LogP contribution is 2.42. The second-order valence-corrected chi connectivity index (χ2v) is 20.2. The minimum Gasteiger partial charge on any atom is -0.481 e. The third kappa shape index (κ3) is 18.3. The number of methoxy groups -OCH3 is 4. The van der Waals surface area contributed by atoms with Crippen LogP contribution in [0, 0.1) is 0 Å². The van der Waals surface area contributed by atoms with Crippen molar-refractivity contribution < 1.29 is 76.3 Å². The van der Waals surface area contributed by atoms with E-state index in [1.165, 1.54) is 28.4 Å². The maximum atomic E-state index is 14.5. The van der Waals surface area contributed by atoms with Gasteiger partial charge in [0.25, 0.3) is 0 Å². The monoisotopic (exact) mass is 1100 g/mol. The predicted molar refractivity (Wildman–Crippen MR) is 301 cm³/mol. The molecule has 0 unspecified atom stereocenters. The molecule has 0 fully saturated rings. The minimum atomic E-state index is -0.702. The third-order valence-corrected chi connectivity index (χ3v) is 14.1. The summed E-state index contributed by atoms with van der Waals surface area (Å²) >= 11 is 0. The molecule has 4 aromatic carbocycles. The molecule has 0 aliphatic heterocycles. The summed E-state index contributed by atoms with van der Waals surface area (Å²) < 4.78 is 46.1. The van der Waals surface area contributed by atoms with Crippen molar-refractivity contribution in [2.75, 3.05) is 54.9 Å². The molecule has 1 aliphatic rings. The van der Waals surface area contributed by atoms with Crippen molar-refractivity contribution in [1.29, 1.82) is 0 Å². The zero-order chi connectivity index (χ0) is 58.1. The molecule has 1 aliphatic carbocycles. The van der Waals surface area contributed by atoms with E-state index in [1.807, 2.05) is 27.7 Å². The molecule has 0 saturated heterocycles. The van der Waals surface area contributed by atoms with E-state index in [4.69, 9.17) is 37.9 Å². The molecule has 0 spiro atoms. The van der Waals surface area contributed by atoms with E-state index < -0.39 is 50.3 Å². The molecule has 0 radical (unpaired) electrons. The second-order valence-electron chi connectivity index (χ2n) is 20.2. The van der Waals surface area contributed by atoms with Gasteiger partial charge < -0.3 is 37.9 Å². The first-order valence-corrected chi connectivity index (χ1v) is 28.2. The Bertz CT molecular complexity index is 2370. The van der Waals surface area contributed by atoms with Crippen LogP contribution in [0.25, 0.3) is 0 Å². The first-order chi connectivity index (χ1) is 38.6. The Balaban J connectivity index is 2.05. The molecule has 0 N–H and O–H groups in total. The number of carbonyl (C=O) groups excluding carboxylic acids is 8. The predicted octanol–water partition coefficient (Wildman–Crippen LogP) is 11.6. The van der Waals surface area contributed by atoms with Crippen molar-refractivity contribution in [3.8, 4) is 23.0 Å². The minimum absolute atomic E-state index is 0.0982. The molecule has 4 aromatic rings. The van der Waals surface area contributed by atoms with Crippen molar-refractivity contribution in [2.45, 2.75) is 156 Å². The molecule has 16 nitrogen and oxygen atoms in total. The van der Waals surface area contributed by atoms with Gasteiger partial charge in [-0.05, 0) is 119 Å². The summed E-state index contributed by atoms with van der Waals surface area (Å²) in [7, 11) is 4.92. The summed E-state index contributed by atoms with van der Waals surface area (Å²) in [6.45, 7) is 5.96. The number of ketones is 4.